The van der Waals surface area contributed by atoms with Crippen LogP contribution in [0.5, 0.6) is 0 Å². The van der Waals surface area contributed by atoms with Gasteiger partial charge in [0.1, 0.15) is 0 Å². The highest BCUT2D eigenvalue weighted by Crippen LogP contribution is 2.15. The summed E-state index contributed by atoms with van der Waals surface area (Å²) in [4.78, 5) is 24.7. The van der Waals surface area contributed by atoms with Gasteiger partial charge in [-0.05, 0) is 24.6 Å². The summed E-state index contributed by atoms with van der Waals surface area (Å²) in [6.45, 7) is 2.85. The maximum Gasteiger partial charge on any atom is 0.246 e. The fourth-order valence-electron chi connectivity index (χ4n) is 2.06. The van der Waals surface area contributed by atoms with Crippen molar-refractivity contribution in [2.75, 3.05) is 6.54 Å². The van der Waals surface area contributed by atoms with Crippen LogP contribution in [-0.2, 0) is 16.1 Å². The largest absolute Gasteiger partial charge is 0.301 e. The lowest BCUT2D eigenvalue weighted by molar-refractivity contribution is -0.138. The number of carbonyl (C=O) groups excluding carboxylic acids is 2. The van der Waals surface area contributed by atoms with E-state index in [1.54, 1.807) is 0 Å². The van der Waals surface area contributed by atoms with E-state index in [0.29, 0.717) is 13.1 Å². The van der Waals surface area contributed by atoms with Gasteiger partial charge in [-0.25, -0.2) is 0 Å². The second-order valence-electron chi connectivity index (χ2n) is 4.24. The molecule has 1 aromatic carbocycles. The Morgan fingerprint density at radius 3 is 2.83 bits per heavy atom. The molecule has 0 bridgehead atoms. The number of benzene rings is 1. The molecule has 1 fully saturated rings. The summed E-state index contributed by atoms with van der Waals surface area (Å²) in [7, 11) is 0. The molecule has 0 aromatic heterocycles. The van der Waals surface area contributed by atoms with Crippen LogP contribution in [0.1, 0.15) is 18.9 Å². The summed E-state index contributed by atoms with van der Waals surface area (Å²) in [6.07, 6.45) is 0.265. The molecular formula is C13H15BrN2O2. The third kappa shape index (κ3) is 2.79. The highest BCUT2D eigenvalue weighted by Gasteiger charge is 2.36. The normalized spacial score (nSPS) is 19.7. The van der Waals surface area contributed by atoms with Gasteiger partial charge >= 0.3 is 0 Å². The molecule has 1 saturated heterocycles. The molecule has 0 aliphatic carbocycles. The minimum Gasteiger partial charge on any atom is -0.301 e. The van der Waals surface area contributed by atoms with Crippen LogP contribution in [0.15, 0.2) is 28.7 Å². The van der Waals surface area contributed by atoms with Crippen molar-refractivity contribution >= 4 is 27.7 Å². The number of hydrogen-bond donors (Lipinski definition) is 1. The van der Waals surface area contributed by atoms with E-state index in [-0.39, 0.29) is 24.3 Å². The molecule has 1 unspecified atom stereocenters. The van der Waals surface area contributed by atoms with E-state index in [0.717, 1.165) is 10.0 Å². The number of nitrogens with zero attached hydrogens (tertiary/aromatic N) is 1. The lowest BCUT2D eigenvalue weighted by Gasteiger charge is -2.13. The Labute approximate surface area is 114 Å². The van der Waals surface area contributed by atoms with Gasteiger partial charge in [-0.15, -0.1) is 0 Å². The first kappa shape index (κ1) is 13.2. The molecule has 0 radical (unpaired) electrons. The summed E-state index contributed by atoms with van der Waals surface area (Å²) in [5, 5.41) is 3.14. The third-order valence-electron chi connectivity index (χ3n) is 3.00. The van der Waals surface area contributed by atoms with Crippen molar-refractivity contribution in [1.29, 1.82) is 0 Å². The number of rotatable bonds is 4. The van der Waals surface area contributed by atoms with Crippen LogP contribution in [0, 0.1) is 0 Å². The Morgan fingerprint density at radius 2 is 2.22 bits per heavy atom. The second kappa shape index (κ2) is 5.63. The zero-order valence-electron chi connectivity index (χ0n) is 10.1. The van der Waals surface area contributed by atoms with Crippen LogP contribution in [0.4, 0.5) is 0 Å². The van der Waals surface area contributed by atoms with Crippen molar-refractivity contribution in [3.8, 4) is 0 Å². The van der Waals surface area contributed by atoms with Crippen LogP contribution < -0.4 is 5.32 Å². The van der Waals surface area contributed by atoms with E-state index in [2.05, 4.69) is 21.2 Å². The summed E-state index contributed by atoms with van der Waals surface area (Å²) < 4.78 is 1.01. The molecule has 1 aliphatic rings. The number of halogens is 1. The zero-order chi connectivity index (χ0) is 13.1. The van der Waals surface area contributed by atoms with Crippen molar-refractivity contribution in [2.45, 2.75) is 25.9 Å². The summed E-state index contributed by atoms with van der Waals surface area (Å²) in [5.74, 6) is -0.202. The van der Waals surface area contributed by atoms with E-state index in [1.165, 1.54) is 4.90 Å². The summed E-state index contributed by atoms with van der Waals surface area (Å²) in [5.41, 5.74) is 1.08. The number of imide groups is 1. The van der Waals surface area contributed by atoms with Gasteiger partial charge in [0.05, 0.1) is 12.5 Å². The molecule has 18 heavy (non-hydrogen) atoms. The zero-order valence-corrected chi connectivity index (χ0v) is 11.7. The maximum absolute atomic E-state index is 11.9. The third-order valence-corrected chi connectivity index (χ3v) is 3.50. The Morgan fingerprint density at radius 1 is 1.44 bits per heavy atom. The molecule has 1 N–H and O–H groups in total. The fraction of sp³-hybridized carbons (Fsp3) is 0.385. The minimum atomic E-state index is -0.378. The lowest BCUT2D eigenvalue weighted by atomic mass is 10.2. The molecular weight excluding hydrogens is 296 g/mol. The van der Waals surface area contributed by atoms with Gasteiger partial charge in [-0.2, -0.15) is 0 Å². The number of likely N-dealkylation sites (tertiary alicyclic amines) is 1. The van der Waals surface area contributed by atoms with Gasteiger partial charge in [0.25, 0.3) is 0 Å². The lowest BCUT2D eigenvalue weighted by Crippen LogP contribution is -2.38. The molecule has 96 valence electrons. The Bertz CT molecular complexity index is 476. The Kier molecular flexibility index (Phi) is 4.14. The molecule has 5 heteroatoms. The first-order valence-corrected chi connectivity index (χ1v) is 6.73. The van der Waals surface area contributed by atoms with Gasteiger partial charge in [-0.1, -0.05) is 28.1 Å². The Balaban J connectivity index is 1.95. The predicted octanol–water partition coefficient (Wildman–Crippen LogP) is 1.69. The molecule has 1 heterocycles. The number of likely N-dealkylation sites (N-methyl/N-ethyl adjacent to an activating group) is 1. The van der Waals surface area contributed by atoms with Crippen molar-refractivity contribution in [1.82, 2.24) is 10.2 Å². The second-order valence-corrected chi connectivity index (χ2v) is 5.16. The van der Waals surface area contributed by atoms with Crippen molar-refractivity contribution in [2.24, 2.45) is 0 Å². The average molecular weight is 311 g/mol. The van der Waals surface area contributed by atoms with E-state index in [9.17, 15) is 9.59 Å². The van der Waals surface area contributed by atoms with Crippen LogP contribution in [-0.4, -0.2) is 29.3 Å². The van der Waals surface area contributed by atoms with Gasteiger partial charge in [0.2, 0.25) is 11.8 Å². The van der Waals surface area contributed by atoms with Crippen molar-refractivity contribution < 1.29 is 9.59 Å². The van der Waals surface area contributed by atoms with Crippen LogP contribution in [0.25, 0.3) is 0 Å². The van der Waals surface area contributed by atoms with E-state index < -0.39 is 0 Å². The molecule has 0 spiro atoms. The van der Waals surface area contributed by atoms with Gasteiger partial charge in [0, 0.05) is 17.6 Å². The predicted molar refractivity (Wildman–Crippen MR) is 71.8 cm³/mol. The molecule has 4 nitrogen and oxygen atoms in total. The minimum absolute atomic E-state index is 0.0887. The number of amides is 2. The smallest absolute Gasteiger partial charge is 0.246 e. The molecule has 1 aromatic rings. The van der Waals surface area contributed by atoms with Crippen molar-refractivity contribution in [3.63, 3.8) is 0 Å². The molecule has 1 aliphatic heterocycles. The molecule has 2 rings (SSSR count). The van der Waals surface area contributed by atoms with Gasteiger partial charge in [-0.3, -0.25) is 14.5 Å². The first-order valence-electron chi connectivity index (χ1n) is 5.94. The highest BCUT2D eigenvalue weighted by molar-refractivity contribution is 9.10. The van der Waals surface area contributed by atoms with E-state index in [4.69, 9.17) is 0 Å². The number of nitrogens with one attached hydrogen (secondary N) is 1. The van der Waals surface area contributed by atoms with Crippen molar-refractivity contribution in [3.05, 3.63) is 34.3 Å². The van der Waals surface area contributed by atoms with Gasteiger partial charge in [0.15, 0.2) is 0 Å². The SMILES string of the molecule is CCN1C(=O)CC(NCc2cccc(Br)c2)C1=O. The van der Waals surface area contributed by atoms with E-state index >= 15 is 0 Å². The molecule has 2 amide bonds. The van der Waals surface area contributed by atoms with Crippen LogP contribution >= 0.6 is 15.9 Å². The monoisotopic (exact) mass is 310 g/mol. The Hall–Kier alpha value is -1.20. The molecule has 0 saturated carbocycles. The van der Waals surface area contributed by atoms with E-state index in [1.807, 2.05) is 31.2 Å². The molecule has 1 atom stereocenters. The topological polar surface area (TPSA) is 49.4 Å². The highest BCUT2D eigenvalue weighted by atomic mass is 79.9. The quantitative estimate of drug-likeness (QED) is 0.861. The van der Waals surface area contributed by atoms with Gasteiger partial charge < -0.3 is 5.32 Å². The summed E-state index contributed by atoms with van der Waals surface area (Å²) >= 11 is 3.40. The summed E-state index contributed by atoms with van der Waals surface area (Å²) in [6, 6.07) is 7.49. The standard InChI is InChI=1S/C13H15BrN2O2/c1-2-16-12(17)7-11(13(16)18)15-8-9-4-3-5-10(14)6-9/h3-6,11,15H,2,7-8H2,1H3. The average Bonchev–Trinajstić information content (AvgIpc) is 2.61. The van der Waals surface area contributed by atoms with Crippen LogP contribution in [0.3, 0.4) is 0 Å². The first-order chi connectivity index (χ1) is 8.61. The van der Waals surface area contributed by atoms with Crippen LogP contribution in [0.2, 0.25) is 0 Å². The number of hydrogen-bond acceptors (Lipinski definition) is 3. The number of carbonyl (C=O) groups is 2. The fourth-order valence-corrected chi connectivity index (χ4v) is 2.51. The maximum atomic E-state index is 11.9.